The first-order valence-electron chi connectivity index (χ1n) is 11.2. The molecular formula is C24H30Cl2FN3O4S. The van der Waals surface area contributed by atoms with E-state index in [0.29, 0.717) is 22.2 Å². The van der Waals surface area contributed by atoms with Crippen LogP contribution in [0.1, 0.15) is 38.7 Å². The molecule has 0 aliphatic heterocycles. The number of rotatable bonds is 12. The molecule has 2 aromatic rings. The summed E-state index contributed by atoms with van der Waals surface area (Å²) in [4.78, 5) is 27.9. The maximum Gasteiger partial charge on any atom is 0.244 e. The van der Waals surface area contributed by atoms with Crippen LogP contribution in [0, 0.1) is 5.82 Å². The van der Waals surface area contributed by atoms with Gasteiger partial charge in [-0.2, -0.15) is 0 Å². The van der Waals surface area contributed by atoms with Crippen molar-refractivity contribution in [1.82, 2.24) is 10.2 Å². The van der Waals surface area contributed by atoms with E-state index in [1.54, 1.807) is 25.1 Å². The van der Waals surface area contributed by atoms with Crippen LogP contribution in [0.4, 0.5) is 10.1 Å². The van der Waals surface area contributed by atoms with Crippen LogP contribution in [0.5, 0.6) is 0 Å². The highest BCUT2D eigenvalue weighted by atomic mass is 35.5. The summed E-state index contributed by atoms with van der Waals surface area (Å²) in [5.74, 6) is -1.53. The van der Waals surface area contributed by atoms with Crippen LogP contribution in [-0.4, -0.2) is 50.5 Å². The lowest BCUT2D eigenvalue weighted by molar-refractivity contribution is -0.140. The van der Waals surface area contributed by atoms with Crippen molar-refractivity contribution >= 4 is 50.7 Å². The quantitative estimate of drug-likeness (QED) is 0.394. The van der Waals surface area contributed by atoms with Gasteiger partial charge in [0.1, 0.15) is 18.4 Å². The standard InChI is InChI=1S/C24H30Cl2FN3O4S/c1-4-6-14-28-24(32)22(5-2)29(15-19-20(25)8-7-9-21(19)26)23(31)16-30(35(3,33)34)18-12-10-17(27)11-13-18/h7-13,22H,4-6,14-16H2,1-3H3,(H,28,32). The number of carbonyl (C=O) groups excluding carboxylic acids is 2. The van der Waals surface area contributed by atoms with Crippen LogP contribution in [0.25, 0.3) is 0 Å². The molecule has 2 aromatic carbocycles. The first-order valence-corrected chi connectivity index (χ1v) is 13.8. The number of nitrogens with zero attached hydrogens (tertiary/aromatic N) is 2. The molecule has 0 aromatic heterocycles. The molecule has 0 spiro atoms. The third-order valence-corrected chi connectivity index (χ3v) is 7.25. The second-order valence-corrected chi connectivity index (χ2v) is 10.8. The Balaban J connectivity index is 2.45. The molecule has 1 atom stereocenters. The Morgan fingerprint density at radius 1 is 1.06 bits per heavy atom. The van der Waals surface area contributed by atoms with E-state index in [2.05, 4.69) is 5.32 Å². The van der Waals surface area contributed by atoms with Crippen molar-refractivity contribution in [3.05, 3.63) is 63.9 Å². The Morgan fingerprint density at radius 2 is 1.66 bits per heavy atom. The highest BCUT2D eigenvalue weighted by molar-refractivity contribution is 7.92. The molecule has 0 saturated carbocycles. The van der Waals surface area contributed by atoms with Crippen molar-refractivity contribution in [3.8, 4) is 0 Å². The van der Waals surface area contributed by atoms with Crippen molar-refractivity contribution in [1.29, 1.82) is 0 Å². The number of hydrogen-bond acceptors (Lipinski definition) is 4. The number of carbonyl (C=O) groups is 2. The van der Waals surface area contributed by atoms with Gasteiger partial charge in [-0.25, -0.2) is 12.8 Å². The van der Waals surface area contributed by atoms with Gasteiger partial charge in [-0.15, -0.1) is 0 Å². The Labute approximate surface area is 216 Å². The molecular weight excluding hydrogens is 516 g/mol. The van der Waals surface area contributed by atoms with Crippen LogP contribution in [-0.2, 0) is 26.2 Å². The molecule has 11 heteroatoms. The van der Waals surface area contributed by atoms with E-state index in [9.17, 15) is 22.4 Å². The molecule has 1 N–H and O–H groups in total. The third-order valence-electron chi connectivity index (χ3n) is 5.40. The van der Waals surface area contributed by atoms with E-state index in [-0.39, 0.29) is 24.6 Å². The summed E-state index contributed by atoms with van der Waals surface area (Å²) in [5.41, 5.74) is 0.565. The second kappa shape index (κ2) is 13.1. The summed E-state index contributed by atoms with van der Waals surface area (Å²) in [5, 5.41) is 3.46. The molecule has 0 heterocycles. The van der Waals surface area contributed by atoms with E-state index in [1.165, 1.54) is 17.0 Å². The zero-order valence-electron chi connectivity index (χ0n) is 19.9. The Kier molecular flexibility index (Phi) is 10.8. The van der Waals surface area contributed by atoms with E-state index < -0.39 is 34.3 Å². The van der Waals surface area contributed by atoms with Crippen molar-refractivity contribution in [2.24, 2.45) is 0 Å². The number of nitrogens with one attached hydrogen (secondary N) is 1. The Morgan fingerprint density at radius 3 is 2.17 bits per heavy atom. The third kappa shape index (κ3) is 8.08. The van der Waals surface area contributed by atoms with Gasteiger partial charge >= 0.3 is 0 Å². The summed E-state index contributed by atoms with van der Waals surface area (Å²) < 4.78 is 39.3. The van der Waals surface area contributed by atoms with Gasteiger partial charge in [0.05, 0.1) is 11.9 Å². The smallest absolute Gasteiger partial charge is 0.244 e. The molecule has 0 radical (unpaired) electrons. The van der Waals surface area contributed by atoms with E-state index in [0.717, 1.165) is 35.5 Å². The van der Waals surface area contributed by atoms with Crippen LogP contribution in [0.2, 0.25) is 10.0 Å². The van der Waals surface area contributed by atoms with Gasteiger partial charge in [0, 0.05) is 28.7 Å². The Bertz CT molecular complexity index is 1110. The van der Waals surface area contributed by atoms with Gasteiger partial charge < -0.3 is 10.2 Å². The molecule has 0 saturated heterocycles. The predicted octanol–water partition coefficient (Wildman–Crippen LogP) is 4.62. The minimum Gasteiger partial charge on any atom is -0.354 e. The first-order chi connectivity index (χ1) is 16.5. The average Bonchev–Trinajstić information content (AvgIpc) is 2.79. The lowest BCUT2D eigenvalue weighted by Gasteiger charge is -2.33. The highest BCUT2D eigenvalue weighted by Gasteiger charge is 2.32. The van der Waals surface area contributed by atoms with Crippen molar-refractivity contribution in [3.63, 3.8) is 0 Å². The van der Waals surface area contributed by atoms with Gasteiger partial charge in [0.25, 0.3) is 0 Å². The first kappa shape index (κ1) is 28.9. The zero-order valence-corrected chi connectivity index (χ0v) is 22.3. The van der Waals surface area contributed by atoms with Crippen LogP contribution in [0.3, 0.4) is 0 Å². The fourth-order valence-electron chi connectivity index (χ4n) is 3.50. The van der Waals surface area contributed by atoms with Crippen LogP contribution >= 0.6 is 23.2 Å². The number of hydrogen-bond donors (Lipinski definition) is 1. The topological polar surface area (TPSA) is 86.8 Å². The molecule has 35 heavy (non-hydrogen) atoms. The lowest BCUT2D eigenvalue weighted by Crippen LogP contribution is -2.52. The summed E-state index contributed by atoms with van der Waals surface area (Å²) in [6.45, 7) is 3.51. The maximum atomic E-state index is 13.6. The van der Waals surface area contributed by atoms with Gasteiger partial charge in [-0.1, -0.05) is 49.5 Å². The number of unbranched alkanes of at least 4 members (excludes halogenated alkanes) is 1. The predicted molar refractivity (Wildman–Crippen MR) is 138 cm³/mol. The normalized spacial score (nSPS) is 12.2. The SMILES string of the molecule is CCCCNC(=O)C(CC)N(Cc1c(Cl)cccc1Cl)C(=O)CN(c1ccc(F)cc1)S(C)(=O)=O. The van der Waals surface area contributed by atoms with Gasteiger partial charge in [-0.3, -0.25) is 13.9 Å². The molecule has 7 nitrogen and oxygen atoms in total. The van der Waals surface area contributed by atoms with Crippen LogP contribution in [0.15, 0.2) is 42.5 Å². The summed E-state index contributed by atoms with van der Waals surface area (Å²) in [6.07, 6.45) is 2.89. The Hall–Kier alpha value is -2.36. The molecule has 0 fully saturated rings. The molecule has 192 valence electrons. The van der Waals surface area contributed by atoms with Gasteiger partial charge in [0.15, 0.2) is 0 Å². The number of amides is 2. The van der Waals surface area contributed by atoms with Gasteiger partial charge in [0.2, 0.25) is 21.8 Å². The van der Waals surface area contributed by atoms with E-state index >= 15 is 0 Å². The van der Waals surface area contributed by atoms with Crippen molar-refractivity contribution in [2.45, 2.75) is 45.7 Å². The number of halogens is 3. The fraction of sp³-hybridized carbons (Fsp3) is 0.417. The molecule has 0 bridgehead atoms. The number of benzene rings is 2. The van der Waals surface area contributed by atoms with E-state index in [1.807, 2.05) is 6.92 Å². The highest BCUT2D eigenvalue weighted by Crippen LogP contribution is 2.27. The largest absolute Gasteiger partial charge is 0.354 e. The zero-order chi connectivity index (χ0) is 26.2. The minimum absolute atomic E-state index is 0.0991. The monoisotopic (exact) mass is 545 g/mol. The van der Waals surface area contributed by atoms with Crippen LogP contribution < -0.4 is 9.62 Å². The summed E-state index contributed by atoms with van der Waals surface area (Å²) >= 11 is 12.7. The maximum absolute atomic E-state index is 13.6. The molecule has 2 rings (SSSR count). The minimum atomic E-state index is -3.91. The average molecular weight is 546 g/mol. The van der Waals surface area contributed by atoms with Crippen molar-refractivity contribution in [2.75, 3.05) is 23.7 Å². The fourth-order valence-corrected chi connectivity index (χ4v) is 4.87. The van der Waals surface area contributed by atoms with Crippen molar-refractivity contribution < 1.29 is 22.4 Å². The molecule has 0 aliphatic carbocycles. The molecule has 2 amide bonds. The lowest BCUT2D eigenvalue weighted by atomic mass is 10.1. The second-order valence-electron chi connectivity index (χ2n) is 8.04. The molecule has 0 aliphatic rings. The summed E-state index contributed by atoms with van der Waals surface area (Å²) in [6, 6.07) is 8.77. The van der Waals surface area contributed by atoms with E-state index in [4.69, 9.17) is 23.2 Å². The molecule has 1 unspecified atom stereocenters. The summed E-state index contributed by atoms with van der Waals surface area (Å²) in [7, 11) is -3.91. The number of sulfonamides is 1. The number of anilines is 1. The van der Waals surface area contributed by atoms with Gasteiger partial charge in [-0.05, 0) is 49.2 Å².